The molecule has 0 radical (unpaired) electrons. The molecular weight excluding hydrogens is 204 g/mol. The zero-order valence-electron chi connectivity index (χ0n) is 3.85. The van der Waals surface area contributed by atoms with Gasteiger partial charge in [0.25, 0.3) is 0 Å². The molecular formula is H8MoN2O5. The molecule has 0 aromatic carbocycles. The standard InChI is InChI=1S/Mo.H3NO.H3N.2H2O.2O/c;1-2;;;;;/h;2H,1H2;1H3;2*1H2;;/q+2;;;;;;/p-2. The topological polar surface area (TPSA) is 156 Å². The van der Waals surface area contributed by atoms with Crippen molar-refractivity contribution in [2.24, 2.45) is 5.90 Å². The van der Waals surface area contributed by atoms with Crippen LogP contribution in [0.25, 0.3) is 0 Å². The predicted molar refractivity (Wildman–Crippen MR) is 16.8 cm³/mol. The van der Waals surface area contributed by atoms with E-state index in [0.29, 0.717) is 0 Å². The molecule has 0 saturated carbocycles. The maximum absolute atomic E-state index is 8.85. The third kappa shape index (κ3) is 20200. The normalized spacial score (nSPS) is 8.00. The van der Waals surface area contributed by atoms with Crippen molar-refractivity contribution >= 4 is 0 Å². The van der Waals surface area contributed by atoms with Gasteiger partial charge >= 0.3 is 31.1 Å². The summed E-state index contributed by atoms with van der Waals surface area (Å²) in [5.41, 5.74) is 0. The van der Waals surface area contributed by atoms with Gasteiger partial charge in [0, 0.05) is 0 Å². The molecule has 0 fully saturated rings. The maximum atomic E-state index is 8.85. The van der Waals surface area contributed by atoms with E-state index < -0.39 is 16.7 Å². The fourth-order valence-corrected chi connectivity index (χ4v) is 0. The SMILES string of the molecule is N.NO.[O]=[Mo](=[O])([OH])[OH]. The fourth-order valence-electron chi connectivity index (χ4n) is 0. The Morgan fingerprint density at radius 3 is 1.12 bits per heavy atom. The molecule has 54 valence electrons. The first-order chi connectivity index (χ1) is 3.00. The molecule has 8 heteroatoms. The van der Waals surface area contributed by atoms with E-state index in [-0.39, 0.29) is 6.15 Å². The van der Waals surface area contributed by atoms with Gasteiger partial charge in [-0.3, -0.25) is 0 Å². The molecule has 0 aromatic heterocycles. The van der Waals surface area contributed by atoms with Crippen molar-refractivity contribution in [3.8, 4) is 0 Å². The first-order valence-electron chi connectivity index (χ1n) is 0.957. The van der Waals surface area contributed by atoms with Crippen molar-refractivity contribution in [3.63, 3.8) is 0 Å². The van der Waals surface area contributed by atoms with Crippen LogP contribution in [0, 0.1) is 0 Å². The molecule has 0 amide bonds. The molecule has 7 nitrogen and oxygen atoms in total. The van der Waals surface area contributed by atoms with Crippen LogP contribution >= 0.6 is 0 Å². The van der Waals surface area contributed by atoms with Gasteiger partial charge in [0.05, 0.1) is 0 Å². The minimum absolute atomic E-state index is 0. The van der Waals surface area contributed by atoms with Crippen LogP contribution in [0.3, 0.4) is 0 Å². The summed E-state index contributed by atoms with van der Waals surface area (Å²) in [5, 5.41) is 6.50. The summed E-state index contributed by atoms with van der Waals surface area (Å²) in [5.74, 6) is 3.50. The average Bonchev–Trinajstić information content (AvgIpc) is 1.36. The van der Waals surface area contributed by atoms with Gasteiger partial charge in [0.1, 0.15) is 0 Å². The molecule has 0 aliphatic rings. The van der Waals surface area contributed by atoms with Crippen LogP contribution in [0.4, 0.5) is 0 Å². The Hall–Kier alpha value is 0.0883. The Kier molecular flexibility index (Phi) is 13.9. The molecule has 0 heterocycles. The quantitative estimate of drug-likeness (QED) is 0.233. The summed E-state index contributed by atoms with van der Waals surface area (Å²) in [4.78, 5) is 0. The zero-order valence-corrected chi connectivity index (χ0v) is 5.86. The second-order valence-electron chi connectivity index (χ2n) is 0.448. The molecule has 0 rings (SSSR count). The van der Waals surface area contributed by atoms with Crippen molar-refractivity contribution in [1.82, 2.24) is 6.15 Å². The molecule has 0 atom stereocenters. The fraction of sp³-hybridized carbons (Fsp3) is 0. The first-order valence-corrected chi connectivity index (χ1v) is 4.39. The van der Waals surface area contributed by atoms with E-state index in [9.17, 15) is 0 Å². The number of hydrogen-bond acceptors (Lipinski definition) is 5. The summed E-state index contributed by atoms with van der Waals surface area (Å²) in [7, 11) is 0. The molecule has 0 aliphatic heterocycles. The van der Waals surface area contributed by atoms with Gasteiger partial charge in [-0.2, -0.15) is 0 Å². The molecule has 0 aromatic rings. The number of nitrogens with two attached hydrogens (primary N) is 1. The van der Waals surface area contributed by atoms with Crippen molar-refractivity contribution < 1.29 is 36.3 Å². The molecule has 0 unspecified atom stereocenters. The molecule has 0 spiro atoms. The van der Waals surface area contributed by atoms with E-state index in [0.717, 1.165) is 0 Å². The van der Waals surface area contributed by atoms with Gasteiger partial charge in [-0.1, -0.05) is 0 Å². The number of rotatable bonds is 0. The van der Waals surface area contributed by atoms with Gasteiger partial charge in [-0.05, 0) is 0 Å². The van der Waals surface area contributed by atoms with Crippen LogP contribution in [0.5, 0.6) is 0 Å². The van der Waals surface area contributed by atoms with E-state index in [1.54, 1.807) is 0 Å². The van der Waals surface area contributed by atoms with Gasteiger partial charge in [0.15, 0.2) is 0 Å². The van der Waals surface area contributed by atoms with E-state index in [1.807, 2.05) is 0 Å². The second kappa shape index (κ2) is 7.09. The van der Waals surface area contributed by atoms with Crippen molar-refractivity contribution in [2.45, 2.75) is 0 Å². The van der Waals surface area contributed by atoms with E-state index >= 15 is 0 Å². The molecule has 0 saturated heterocycles. The summed E-state index contributed by atoms with van der Waals surface area (Å²) < 4.78 is 32.0. The summed E-state index contributed by atoms with van der Waals surface area (Å²) in [6.07, 6.45) is 0. The number of hydrogen-bond donors (Lipinski definition) is 5. The predicted octanol–water partition coefficient (Wildman–Crippen LogP) is -1.86. The third-order valence-electron chi connectivity index (χ3n) is 0. The Morgan fingerprint density at radius 1 is 1.12 bits per heavy atom. The monoisotopic (exact) mass is 214 g/mol. The minimum atomic E-state index is -5.52. The van der Waals surface area contributed by atoms with Crippen LogP contribution in [0.2, 0.25) is 0 Å². The summed E-state index contributed by atoms with van der Waals surface area (Å²) in [6.45, 7) is 0. The molecule has 8 N–H and O–H groups in total. The third-order valence-corrected chi connectivity index (χ3v) is 0. The Morgan fingerprint density at radius 2 is 1.12 bits per heavy atom. The van der Waals surface area contributed by atoms with Crippen LogP contribution < -0.4 is 12.0 Å². The van der Waals surface area contributed by atoms with Crippen molar-refractivity contribution in [3.05, 3.63) is 0 Å². The van der Waals surface area contributed by atoms with Crippen molar-refractivity contribution in [2.75, 3.05) is 0 Å². The summed E-state index contributed by atoms with van der Waals surface area (Å²) >= 11 is -5.52. The van der Waals surface area contributed by atoms with E-state index in [4.69, 9.17) is 19.5 Å². The van der Waals surface area contributed by atoms with Gasteiger partial charge < -0.3 is 11.4 Å². The molecule has 0 bridgehead atoms. The summed E-state index contributed by atoms with van der Waals surface area (Å²) in [6, 6.07) is 0. The van der Waals surface area contributed by atoms with Crippen molar-refractivity contribution in [1.29, 1.82) is 0 Å². The van der Waals surface area contributed by atoms with Crippen LogP contribution in [0.15, 0.2) is 0 Å². The zero-order chi connectivity index (χ0) is 6.50. The Balaban J connectivity index is -0.0000000750. The van der Waals surface area contributed by atoms with Crippen LogP contribution in [-0.4, -0.2) is 12.7 Å². The first kappa shape index (κ1) is 15.7. The van der Waals surface area contributed by atoms with Gasteiger partial charge in [0.2, 0.25) is 0 Å². The Labute approximate surface area is 49.0 Å². The van der Waals surface area contributed by atoms with Gasteiger partial charge in [-0.25, -0.2) is 5.90 Å². The van der Waals surface area contributed by atoms with E-state index in [1.165, 1.54) is 0 Å². The molecule has 0 aliphatic carbocycles. The van der Waals surface area contributed by atoms with Gasteiger partial charge in [-0.15, -0.1) is 0 Å². The van der Waals surface area contributed by atoms with E-state index in [2.05, 4.69) is 5.90 Å². The average molecular weight is 212 g/mol. The molecule has 8 heavy (non-hydrogen) atoms. The van der Waals surface area contributed by atoms with Crippen LogP contribution in [-0.2, 0) is 23.5 Å². The van der Waals surface area contributed by atoms with Crippen LogP contribution in [0.1, 0.15) is 0 Å². The second-order valence-corrected chi connectivity index (χ2v) is 2.65. The Bertz CT molecular complexity index is 93.6.